The Kier molecular flexibility index (Phi) is 7.65. The summed E-state index contributed by atoms with van der Waals surface area (Å²) in [5.41, 5.74) is 2.14. The van der Waals surface area contributed by atoms with Crippen molar-refractivity contribution in [2.24, 2.45) is 4.99 Å². The Balaban J connectivity index is 0.00000272. The number of amidine groups is 1. The standard InChI is InChI=1S/C22H27ClN4O2S.ClH/c1-17-2-4-18(5-3-17)16-25-21-22(26-13-12-24-21)10-14-27(15-11-22)30(28,29)20-8-6-19(23)7-9-20;/h2-9,26H,10-16H2,1H3,(H,24,25);1H. The van der Waals surface area contributed by atoms with Gasteiger partial charge in [0.1, 0.15) is 5.84 Å². The predicted molar refractivity (Wildman–Crippen MR) is 128 cm³/mol. The highest BCUT2D eigenvalue weighted by Crippen LogP contribution is 2.29. The molecule has 1 fully saturated rings. The van der Waals surface area contributed by atoms with Crippen LogP contribution in [0.3, 0.4) is 0 Å². The van der Waals surface area contributed by atoms with Crippen molar-refractivity contribution in [2.45, 2.75) is 36.7 Å². The van der Waals surface area contributed by atoms with Gasteiger partial charge in [-0.2, -0.15) is 4.31 Å². The van der Waals surface area contributed by atoms with E-state index >= 15 is 0 Å². The number of sulfonamides is 1. The second-order valence-electron chi connectivity index (χ2n) is 7.94. The lowest BCUT2D eigenvalue weighted by atomic mass is 9.85. The van der Waals surface area contributed by atoms with Crippen molar-refractivity contribution in [3.8, 4) is 0 Å². The van der Waals surface area contributed by atoms with E-state index in [1.54, 1.807) is 28.6 Å². The molecule has 2 aliphatic rings. The third kappa shape index (κ3) is 5.23. The van der Waals surface area contributed by atoms with E-state index in [-0.39, 0.29) is 22.8 Å². The van der Waals surface area contributed by atoms with Gasteiger partial charge in [-0.15, -0.1) is 12.4 Å². The van der Waals surface area contributed by atoms with Crippen molar-refractivity contribution in [3.63, 3.8) is 0 Å². The molecule has 2 aromatic carbocycles. The van der Waals surface area contributed by atoms with Gasteiger partial charge in [-0.25, -0.2) is 8.42 Å². The minimum absolute atomic E-state index is 0. The fourth-order valence-electron chi connectivity index (χ4n) is 4.09. The number of halogens is 2. The SMILES string of the molecule is Cc1ccc(CNC2=NCCNC23CCN(S(=O)(=O)c2ccc(Cl)cc2)CC3)cc1.Cl. The molecule has 168 valence electrons. The zero-order chi connectivity index (χ0) is 21.2. The van der Waals surface area contributed by atoms with Crippen LogP contribution >= 0.6 is 24.0 Å². The smallest absolute Gasteiger partial charge is 0.243 e. The first kappa shape index (κ1) is 24.0. The second kappa shape index (κ2) is 9.88. The van der Waals surface area contributed by atoms with Crippen LogP contribution in [-0.4, -0.2) is 50.3 Å². The highest BCUT2D eigenvalue weighted by atomic mass is 35.5. The third-order valence-electron chi connectivity index (χ3n) is 5.91. The van der Waals surface area contributed by atoms with E-state index in [4.69, 9.17) is 16.6 Å². The Morgan fingerprint density at radius 1 is 1.10 bits per heavy atom. The fraction of sp³-hybridized carbons (Fsp3) is 0.409. The zero-order valence-electron chi connectivity index (χ0n) is 17.5. The molecule has 2 N–H and O–H groups in total. The largest absolute Gasteiger partial charge is 0.368 e. The van der Waals surface area contributed by atoms with Crippen molar-refractivity contribution >= 4 is 39.9 Å². The normalized spacial score (nSPS) is 18.8. The van der Waals surface area contributed by atoms with E-state index in [0.29, 0.717) is 37.5 Å². The van der Waals surface area contributed by atoms with E-state index in [9.17, 15) is 8.42 Å². The van der Waals surface area contributed by atoms with Crippen LogP contribution in [0.2, 0.25) is 5.02 Å². The summed E-state index contributed by atoms with van der Waals surface area (Å²) < 4.78 is 27.6. The molecule has 2 aliphatic heterocycles. The number of aliphatic imine (C=N–C) groups is 1. The first-order chi connectivity index (χ1) is 14.4. The number of hydrogen-bond acceptors (Lipinski definition) is 5. The van der Waals surface area contributed by atoms with Crippen LogP contribution < -0.4 is 10.6 Å². The van der Waals surface area contributed by atoms with Crippen molar-refractivity contribution in [1.29, 1.82) is 0 Å². The maximum absolute atomic E-state index is 13.0. The lowest BCUT2D eigenvalue weighted by Gasteiger charge is -2.44. The first-order valence-electron chi connectivity index (χ1n) is 10.2. The van der Waals surface area contributed by atoms with Gasteiger partial charge < -0.3 is 10.6 Å². The molecule has 0 unspecified atom stereocenters. The van der Waals surface area contributed by atoms with E-state index in [0.717, 1.165) is 18.9 Å². The summed E-state index contributed by atoms with van der Waals surface area (Å²) in [5, 5.41) is 7.66. The highest BCUT2D eigenvalue weighted by Gasteiger charge is 2.43. The molecule has 0 radical (unpaired) electrons. The Hall–Kier alpha value is -1.64. The molecule has 0 amide bonds. The quantitative estimate of drug-likeness (QED) is 0.700. The molecule has 0 atom stereocenters. The molecule has 1 spiro atoms. The van der Waals surface area contributed by atoms with E-state index < -0.39 is 10.0 Å². The maximum Gasteiger partial charge on any atom is 0.243 e. The third-order valence-corrected chi connectivity index (χ3v) is 8.07. The van der Waals surface area contributed by atoms with Crippen LogP contribution in [0.5, 0.6) is 0 Å². The molecule has 31 heavy (non-hydrogen) atoms. The lowest BCUT2D eigenvalue weighted by Crippen LogP contribution is -2.64. The van der Waals surface area contributed by atoms with Crippen LogP contribution in [0, 0.1) is 6.92 Å². The van der Waals surface area contributed by atoms with Gasteiger partial charge in [0, 0.05) is 31.2 Å². The molecule has 9 heteroatoms. The second-order valence-corrected chi connectivity index (χ2v) is 10.3. The monoisotopic (exact) mass is 482 g/mol. The number of aryl methyl sites for hydroxylation is 1. The number of nitrogens with zero attached hydrogens (tertiary/aromatic N) is 2. The predicted octanol–water partition coefficient (Wildman–Crippen LogP) is 3.39. The molecule has 0 bridgehead atoms. The minimum atomic E-state index is -3.52. The number of rotatable bonds is 4. The van der Waals surface area contributed by atoms with Gasteiger partial charge in [0.15, 0.2) is 0 Å². The van der Waals surface area contributed by atoms with Crippen LogP contribution in [-0.2, 0) is 16.6 Å². The summed E-state index contributed by atoms with van der Waals surface area (Å²) in [5.74, 6) is 0.942. The summed E-state index contributed by atoms with van der Waals surface area (Å²) in [6, 6.07) is 14.8. The Bertz CT molecular complexity index is 1020. The van der Waals surface area contributed by atoms with Crippen molar-refractivity contribution in [2.75, 3.05) is 26.2 Å². The van der Waals surface area contributed by atoms with Crippen molar-refractivity contribution in [3.05, 3.63) is 64.7 Å². The number of benzene rings is 2. The zero-order valence-corrected chi connectivity index (χ0v) is 19.9. The highest BCUT2D eigenvalue weighted by molar-refractivity contribution is 7.89. The van der Waals surface area contributed by atoms with Crippen LogP contribution in [0.1, 0.15) is 24.0 Å². The topological polar surface area (TPSA) is 73.8 Å². The molecule has 0 saturated carbocycles. The summed E-state index contributed by atoms with van der Waals surface area (Å²) in [4.78, 5) is 5.04. The summed E-state index contributed by atoms with van der Waals surface area (Å²) in [6.07, 6.45) is 1.36. The molecule has 2 heterocycles. The van der Waals surface area contributed by atoms with E-state index in [1.165, 1.54) is 11.1 Å². The number of piperidine rings is 1. The molecular formula is C22H28Cl2N4O2S. The average molecular weight is 483 g/mol. The van der Waals surface area contributed by atoms with Gasteiger partial charge in [0.25, 0.3) is 0 Å². The van der Waals surface area contributed by atoms with Crippen molar-refractivity contribution < 1.29 is 8.42 Å². The van der Waals surface area contributed by atoms with Crippen LogP contribution in [0.4, 0.5) is 0 Å². The number of nitrogens with one attached hydrogen (secondary N) is 2. The summed E-state index contributed by atoms with van der Waals surface area (Å²) in [7, 11) is -3.52. The Morgan fingerprint density at radius 2 is 1.74 bits per heavy atom. The van der Waals surface area contributed by atoms with Gasteiger partial charge in [0.2, 0.25) is 10.0 Å². The minimum Gasteiger partial charge on any atom is -0.368 e. The summed E-state index contributed by atoms with van der Waals surface area (Å²) >= 11 is 5.91. The fourth-order valence-corrected chi connectivity index (χ4v) is 5.66. The lowest BCUT2D eigenvalue weighted by molar-refractivity contribution is 0.241. The van der Waals surface area contributed by atoms with Crippen LogP contribution in [0.25, 0.3) is 0 Å². The van der Waals surface area contributed by atoms with Crippen molar-refractivity contribution in [1.82, 2.24) is 14.9 Å². The van der Waals surface area contributed by atoms with Gasteiger partial charge in [-0.1, -0.05) is 41.4 Å². The molecule has 0 aliphatic carbocycles. The average Bonchev–Trinajstić information content (AvgIpc) is 2.75. The number of hydrogen-bond donors (Lipinski definition) is 2. The Morgan fingerprint density at radius 3 is 2.39 bits per heavy atom. The maximum atomic E-state index is 13.0. The summed E-state index contributed by atoms with van der Waals surface area (Å²) in [6.45, 7) is 5.21. The molecule has 4 rings (SSSR count). The Labute approximate surface area is 195 Å². The van der Waals surface area contributed by atoms with Gasteiger partial charge in [-0.3, -0.25) is 4.99 Å². The van der Waals surface area contributed by atoms with Gasteiger partial charge >= 0.3 is 0 Å². The van der Waals surface area contributed by atoms with E-state index in [2.05, 4.69) is 41.8 Å². The molecule has 0 aromatic heterocycles. The molecular weight excluding hydrogens is 455 g/mol. The van der Waals surface area contributed by atoms with E-state index in [1.807, 2.05) is 0 Å². The molecule has 2 aromatic rings. The molecule has 1 saturated heterocycles. The first-order valence-corrected chi connectivity index (χ1v) is 12.1. The van der Waals surface area contributed by atoms with Crippen LogP contribution in [0.15, 0.2) is 58.4 Å². The van der Waals surface area contributed by atoms with Gasteiger partial charge in [0.05, 0.1) is 17.0 Å². The van der Waals surface area contributed by atoms with Gasteiger partial charge in [-0.05, 0) is 49.6 Å². The molecule has 6 nitrogen and oxygen atoms in total.